The van der Waals surface area contributed by atoms with Crippen LogP contribution in [0.1, 0.15) is 11.3 Å². The number of rotatable bonds is 3. The predicted octanol–water partition coefficient (Wildman–Crippen LogP) is 4.16. The summed E-state index contributed by atoms with van der Waals surface area (Å²) in [7, 11) is 0. The molecule has 2 aromatic rings. The van der Waals surface area contributed by atoms with Crippen molar-refractivity contribution in [2.75, 3.05) is 5.32 Å². The van der Waals surface area contributed by atoms with Crippen LogP contribution in [-0.2, 0) is 33.8 Å². The van der Waals surface area contributed by atoms with Gasteiger partial charge in [-0.3, -0.25) is 0 Å². The minimum atomic E-state index is -4.39. The maximum atomic E-state index is 12.5. The third kappa shape index (κ3) is 4.50. The van der Waals surface area contributed by atoms with Gasteiger partial charge in [-0.1, -0.05) is 23.5 Å². The van der Waals surface area contributed by atoms with E-state index >= 15 is 0 Å². The van der Waals surface area contributed by atoms with E-state index in [1.807, 2.05) is 0 Å². The van der Waals surface area contributed by atoms with E-state index in [9.17, 15) is 13.2 Å². The Hall–Kier alpha value is -1.06. The fraction of sp³-hybridized carbons (Fsp3) is 0.154. The average Bonchev–Trinajstić information content (AvgIpc) is 2.37. The third-order valence-electron chi connectivity index (χ3n) is 2.42. The molecule has 0 aliphatic rings. The Morgan fingerprint density at radius 1 is 1.25 bits per heavy atom. The number of nitrogens with zero attached hydrogens (tertiary/aromatic N) is 1. The summed E-state index contributed by atoms with van der Waals surface area (Å²) in [6.45, 7) is 0.364. The van der Waals surface area contributed by atoms with Crippen molar-refractivity contribution < 1.29 is 34.2 Å². The first-order valence-corrected chi connectivity index (χ1v) is 5.77. The summed E-state index contributed by atoms with van der Waals surface area (Å²) in [4.78, 5) is 3.97. The normalized spacial score (nSPS) is 10.8. The molecule has 0 radical (unpaired) electrons. The molecule has 0 unspecified atom stereocenters. The van der Waals surface area contributed by atoms with Gasteiger partial charge in [0.25, 0.3) is 0 Å². The Morgan fingerprint density at radius 2 is 2.00 bits per heavy atom. The minimum Gasteiger partial charge on any atom is -0.390 e. The molecular formula is C13H9ClF3N2W-. The Kier molecular flexibility index (Phi) is 6.03. The Labute approximate surface area is 133 Å². The van der Waals surface area contributed by atoms with Gasteiger partial charge >= 0.3 is 6.18 Å². The molecule has 0 atom stereocenters. The number of alkyl halides is 3. The predicted molar refractivity (Wildman–Crippen MR) is 66.9 cm³/mol. The molecule has 0 aliphatic heterocycles. The standard InChI is InChI=1S/C13H9ClF3N2.W/c14-11-7-9(13(15,16)17)4-5-12(11)19-8-10-3-1-2-6-18-10;/h1-5,7,19H,8H2;/q-1;. The van der Waals surface area contributed by atoms with Crippen molar-refractivity contribution >= 4 is 17.3 Å². The quantitative estimate of drug-likeness (QED) is 0.683. The molecule has 0 aliphatic carbocycles. The van der Waals surface area contributed by atoms with Gasteiger partial charge in [-0.15, -0.1) is 6.07 Å². The second-order valence-corrected chi connectivity index (χ2v) is 4.21. The summed E-state index contributed by atoms with van der Waals surface area (Å²) in [5, 5.41) is 2.95. The van der Waals surface area contributed by atoms with Gasteiger partial charge in [0, 0.05) is 27.6 Å². The molecular weight excluding hydrogens is 460 g/mol. The van der Waals surface area contributed by atoms with E-state index in [1.54, 1.807) is 18.2 Å². The molecule has 2 rings (SSSR count). The van der Waals surface area contributed by atoms with Gasteiger partial charge in [0.05, 0.1) is 16.3 Å². The number of halogens is 4. The largest absolute Gasteiger partial charge is 0.416 e. The van der Waals surface area contributed by atoms with Crippen molar-refractivity contribution in [3.63, 3.8) is 0 Å². The van der Waals surface area contributed by atoms with E-state index in [0.29, 0.717) is 12.2 Å². The smallest absolute Gasteiger partial charge is 0.390 e. The summed E-state index contributed by atoms with van der Waals surface area (Å²) in [6, 6.07) is 8.40. The molecule has 1 heterocycles. The van der Waals surface area contributed by atoms with Crippen LogP contribution in [0.4, 0.5) is 18.9 Å². The first-order chi connectivity index (χ1) is 8.97. The SMILES string of the molecule is FC(F)(F)c1ccc(NCc2ccc[c-]n2)c(Cl)c1.[W]. The van der Waals surface area contributed by atoms with Gasteiger partial charge in [-0.2, -0.15) is 25.3 Å². The number of anilines is 1. The minimum absolute atomic E-state index is 0. The second kappa shape index (κ2) is 7.09. The first kappa shape index (κ1) is 17.0. The van der Waals surface area contributed by atoms with Crippen LogP contribution in [0.5, 0.6) is 0 Å². The number of aromatic nitrogens is 1. The third-order valence-corrected chi connectivity index (χ3v) is 2.74. The van der Waals surface area contributed by atoms with E-state index in [1.165, 1.54) is 6.07 Å². The number of nitrogens with one attached hydrogen (secondary N) is 1. The Balaban J connectivity index is 0.00000200. The summed E-state index contributed by atoms with van der Waals surface area (Å²) in [5.41, 5.74) is 0.382. The molecule has 0 bridgehead atoms. The van der Waals surface area contributed by atoms with Crippen molar-refractivity contribution in [3.05, 3.63) is 58.9 Å². The number of hydrogen-bond acceptors (Lipinski definition) is 2. The summed E-state index contributed by atoms with van der Waals surface area (Å²) in [6.07, 6.45) is -1.72. The molecule has 1 N–H and O–H groups in total. The molecule has 0 saturated carbocycles. The van der Waals surface area contributed by atoms with Crippen molar-refractivity contribution in [1.29, 1.82) is 0 Å². The molecule has 0 fully saturated rings. The molecule has 0 spiro atoms. The molecule has 7 heteroatoms. The maximum absolute atomic E-state index is 12.5. The molecule has 0 saturated heterocycles. The first-order valence-electron chi connectivity index (χ1n) is 5.39. The summed E-state index contributed by atoms with van der Waals surface area (Å²) in [5.74, 6) is 0. The van der Waals surface area contributed by atoms with E-state index in [2.05, 4.69) is 16.5 Å². The van der Waals surface area contributed by atoms with Gasteiger partial charge in [0.2, 0.25) is 0 Å². The zero-order valence-electron chi connectivity index (χ0n) is 10.0. The Bertz CT molecular complexity index is 561. The van der Waals surface area contributed by atoms with Crippen LogP contribution >= 0.6 is 11.6 Å². The maximum Gasteiger partial charge on any atom is 0.416 e. The van der Waals surface area contributed by atoms with E-state index in [4.69, 9.17) is 11.6 Å². The molecule has 0 amide bonds. The summed E-state index contributed by atoms with van der Waals surface area (Å²) >= 11 is 5.81. The monoisotopic (exact) mass is 469 g/mol. The molecule has 2 nitrogen and oxygen atoms in total. The number of benzene rings is 1. The second-order valence-electron chi connectivity index (χ2n) is 3.80. The number of pyridine rings is 1. The van der Waals surface area contributed by atoms with Crippen LogP contribution in [0, 0.1) is 6.20 Å². The van der Waals surface area contributed by atoms with Crippen molar-refractivity contribution in [2.24, 2.45) is 0 Å². The van der Waals surface area contributed by atoms with Gasteiger partial charge in [0.15, 0.2) is 0 Å². The van der Waals surface area contributed by atoms with E-state index < -0.39 is 11.7 Å². The molecule has 1 aromatic carbocycles. The topological polar surface area (TPSA) is 24.9 Å². The van der Waals surface area contributed by atoms with E-state index in [0.717, 1.165) is 17.8 Å². The number of hydrogen-bond donors (Lipinski definition) is 1. The van der Waals surface area contributed by atoms with Crippen LogP contribution in [0.3, 0.4) is 0 Å². The van der Waals surface area contributed by atoms with Gasteiger partial charge in [0.1, 0.15) is 0 Å². The molecule has 20 heavy (non-hydrogen) atoms. The van der Waals surface area contributed by atoms with E-state index in [-0.39, 0.29) is 26.1 Å². The van der Waals surface area contributed by atoms with Crippen molar-refractivity contribution in [3.8, 4) is 0 Å². The average molecular weight is 470 g/mol. The van der Waals surface area contributed by atoms with Gasteiger partial charge in [-0.25, -0.2) is 0 Å². The zero-order chi connectivity index (χ0) is 13.9. The zero-order valence-corrected chi connectivity index (χ0v) is 13.7. The fourth-order valence-electron chi connectivity index (χ4n) is 1.48. The van der Waals surface area contributed by atoms with Gasteiger partial charge < -0.3 is 10.3 Å². The molecule has 1 aromatic heterocycles. The molecule has 106 valence electrons. The fourth-order valence-corrected chi connectivity index (χ4v) is 1.73. The summed E-state index contributed by atoms with van der Waals surface area (Å²) < 4.78 is 37.4. The Morgan fingerprint density at radius 3 is 2.55 bits per heavy atom. The van der Waals surface area contributed by atoms with Crippen LogP contribution < -0.4 is 5.32 Å². The van der Waals surface area contributed by atoms with Crippen LogP contribution in [0.2, 0.25) is 5.02 Å². The van der Waals surface area contributed by atoms with Gasteiger partial charge in [-0.05, 0) is 18.2 Å². The van der Waals surface area contributed by atoms with Crippen LogP contribution in [0.15, 0.2) is 36.4 Å². The van der Waals surface area contributed by atoms with Crippen LogP contribution in [0.25, 0.3) is 0 Å². The van der Waals surface area contributed by atoms with Crippen molar-refractivity contribution in [2.45, 2.75) is 12.7 Å². The van der Waals surface area contributed by atoms with Crippen LogP contribution in [-0.4, -0.2) is 4.98 Å². The van der Waals surface area contributed by atoms with Crippen molar-refractivity contribution in [1.82, 2.24) is 4.98 Å².